The van der Waals surface area contributed by atoms with Gasteiger partial charge in [0.15, 0.2) is 0 Å². The molecule has 2 aromatic carbocycles. The van der Waals surface area contributed by atoms with E-state index < -0.39 is 12.7 Å². The summed E-state index contributed by atoms with van der Waals surface area (Å²) in [6.45, 7) is 1.12. The summed E-state index contributed by atoms with van der Waals surface area (Å²) in [6, 6.07) is 16.6. The van der Waals surface area contributed by atoms with Crippen molar-refractivity contribution in [3.05, 3.63) is 65.9 Å². The molecule has 3 aromatic rings. The van der Waals surface area contributed by atoms with Gasteiger partial charge < -0.3 is 9.30 Å². The molecule has 0 atom stereocenters. The Balaban J connectivity index is 1.82. The van der Waals surface area contributed by atoms with Crippen LogP contribution in [0.25, 0.3) is 10.9 Å². The lowest BCUT2D eigenvalue weighted by molar-refractivity contribution is -0.140. The van der Waals surface area contributed by atoms with E-state index >= 15 is 0 Å². The zero-order valence-corrected chi connectivity index (χ0v) is 12.6. The molecule has 1 aromatic heterocycles. The van der Waals surface area contributed by atoms with Crippen LogP contribution in [-0.4, -0.2) is 10.7 Å². The molecule has 0 radical (unpaired) electrons. The third-order valence-corrected chi connectivity index (χ3v) is 3.67. The van der Waals surface area contributed by atoms with Crippen LogP contribution in [0.3, 0.4) is 0 Å². The van der Waals surface area contributed by atoms with Crippen LogP contribution >= 0.6 is 0 Å². The minimum absolute atomic E-state index is 0.425. The van der Waals surface area contributed by atoms with Crippen molar-refractivity contribution >= 4 is 10.9 Å². The molecule has 0 spiro atoms. The van der Waals surface area contributed by atoms with Gasteiger partial charge >= 0.3 is 6.18 Å². The van der Waals surface area contributed by atoms with E-state index in [2.05, 4.69) is 0 Å². The van der Waals surface area contributed by atoms with Gasteiger partial charge in [0.1, 0.15) is 18.9 Å². The molecule has 0 aliphatic carbocycles. The average molecular weight is 319 g/mol. The lowest BCUT2D eigenvalue weighted by Gasteiger charge is -2.11. The summed E-state index contributed by atoms with van der Waals surface area (Å²) in [6.07, 6.45) is -4.24. The number of nitrogens with zero attached hydrogens (tertiary/aromatic N) is 1. The van der Waals surface area contributed by atoms with Crippen LogP contribution < -0.4 is 4.74 Å². The van der Waals surface area contributed by atoms with E-state index in [1.165, 1.54) is 4.57 Å². The molecule has 0 bridgehead atoms. The van der Waals surface area contributed by atoms with Crippen LogP contribution in [0.15, 0.2) is 54.6 Å². The monoisotopic (exact) mass is 319 g/mol. The number of halogens is 3. The molecule has 3 rings (SSSR count). The SMILES string of the molecule is Cc1cc2cc(OCc3ccccc3)ccc2n1CC(F)(F)F. The van der Waals surface area contributed by atoms with Gasteiger partial charge in [-0.3, -0.25) is 0 Å². The highest BCUT2D eigenvalue weighted by atomic mass is 19.4. The summed E-state index contributed by atoms with van der Waals surface area (Å²) in [5.74, 6) is 0.644. The minimum atomic E-state index is -4.24. The Morgan fingerprint density at radius 3 is 2.43 bits per heavy atom. The number of aryl methyl sites for hydroxylation is 1. The molecule has 0 unspecified atom stereocenters. The van der Waals surface area contributed by atoms with E-state index in [-0.39, 0.29) is 0 Å². The Hall–Kier alpha value is -2.43. The lowest BCUT2D eigenvalue weighted by atomic mass is 10.2. The van der Waals surface area contributed by atoms with E-state index in [1.54, 1.807) is 31.2 Å². The van der Waals surface area contributed by atoms with Crippen molar-refractivity contribution in [1.29, 1.82) is 0 Å². The molecule has 120 valence electrons. The molecule has 0 aliphatic rings. The van der Waals surface area contributed by atoms with Gasteiger partial charge in [-0.2, -0.15) is 13.2 Å². The first-order valence-corrected chi connectivity index (χ1v) is 7.26. The maximum atomic E-state index is 12.7. The third-order valence-electron chi connectivity index (χ3n) is 3.67. The highest BCUT2D eigenvalue weighted by molar-refractivity contribution is 5.82. The maximum Gasteiger partial charge on any atom is 0.406 e. The Bertz CT molecular complexity index is 806. The van der Waals surface area contributed by atoms with Gasteiger partial charge in [0, 0.05) is 16.6 Å². The molecule has 0 amide bonds. The zero-order valence-electron chi connectivity index (χ0n) is 12.6. The van der Waals surface area contributed by atoms with Gasteiger partial charge in [-0.1, -0.05) is 30.3 Å². The summed E-state index contributed by atoms with van der Waals surface area (Å²) in [5, 5.41) is 0.748. The lowest BCUT2D eigenvalue weighted by Crippen LogP contribution is -2.18. The molecule has 23 heavy (non-hydrogen) atoms. The van der Waals surface area contributed by atoms with Gasteiger partial charge in [-0.15, -0.1) is 0 Å². The molecule has 5 heteroatoms. The van der Waals surface area contributed by atoms with Crippen molar-refractivity contribution < 1.29 is 17.9 Å². The quantitative estimate of drug-likeness (QED) is 0.653. The van der Waals surface area contributed by atoms with Crippen molar-refractivity contribution in [2.45, 2.75) is 26.3 Å². The number of ether oxygens (including phenoxy) is 1. The van der Waals surface area contributed by atoms with Crippen molar-refractivity contribution in [2.24, 2.45) is 0 Å². The Labute approximate surface area is 132 Å². The second-order valence-corrected chi connectivity index (χ2v) is 5.48. The largest absolute Gasteiger partial charge is 0.489 e. The first-order valence-electron chi connectivity index (χ1n) is 7.26. The van der Waals surface area contributed by atoms with E-state index in [0.29, 0.717) is 23.6 Å². The maximum absolute atomic E-state index is 12.7. The minimum Gasteiger partial charge on any atom is -0.489 e. The van der Waals surface area contributed by atoms with Gasteiger partial charge in [0.2, 0.25) is 0 Å². The number of fused-ring (bicyclic) bond motifs is 1. The van der Waals surface area contributed by atoms with E-state index in [1.807, 2.05) is 30.3 Å². The number of hydrogen-bond acceptors (Lipinski definition) is 1. The van der Waals surface area contributed by atoms with Crippen LogP contribution in [0, 0.1) is 6.92 Å². The van der Waals surface area contributed by atoms with Gasteiger partial charge in [-0.25, -0.2) is 0 Å². The van der Waals surface area contributed by atoms with E-state index in [4.69, 9.17) is 4.74 Å². The first-order chi connectivity index (χ1) is 10.9. The smallest absolute Gasteiger partial charge is 0.406 e. The second-order valence-electron chi connectivity index (χ2n) is 5.48. The summed E-state index contributed by atoms with van der Waals surface area (Å²) in [7, 11) is 0. The highest BCUT2D eigenvalue weighted by Crippen LogP contribution is 2.28. The molecular formula is C18H16F3NO. The van der Waals surface area contributed by atoms with Crippen molar-refractivity contribution in [2.75, 3.05) is 0 Å². The second kappa shape index (κ2) is 5.99. The number of alkyl halides is 3. The van der Waals surface area contributed by atoms with Crippen LogP contribution in [0.1, 0.15) is 11.3 Å². The fourth-order valence-corrected chi connectivity index (χ4v) is 2.61. The van der Waals surface area contributed by atoms with Crippen LogP contribution in [0.5, 0.6) is 5.75 Å². The summed E-state index contributed by atoms with van der Waals surface area (Å²) < 4.78 is 45.0. The number of aromatic nitrogens is 1. The topological polar surface area (TPSA) is 14.2 Å². The molecular weight excluding hydrogens is 303 g/mol. The fraction of sp³-hybridized carbons (Fsp3) is 0.222. The number of hydrogen-bond donors (Lipinski definition) is 0. The fourth-order valence-electron chi connectivity index (χ4n) is 2.61. The summed E-state index contributed by atoms with van der Waals surface area (Å²) >= 11 is 0. The highest BCUT2D eigenvalue weighted by Gasteiger charge is 2.29. The molecule has 0 saturated heterocycles. The molecule has 0 fully saturated rings. The summed E-state index contributed by atoms with van der Waals surface area (Å²) in [4.78, 5) is 0. The first kappa shape index (κ1) is 15.5. The van der Waals surface area contributed by atoms with Crippen molar-refractivity contribution in [1.82, 2.24) is 4.57 Å². The molecule has 0 N–H and O–H groups in total. The van der Waals surface area contributed by atoms with Gasteiger partial charge in [0.25, 0.3) is 0 Å². The Morgan fingerprint density at radius 2 is 1.74 bits per heavy atom. The summed E-state index contributed by atoms with van der Waals surface area (Å²) in [5.41, 5.74) is 2.18. The predicted molar refractivity (Wildman–Crippen MR) is 83.5 cm³/mol. The Morgan fingerprint density at radius 1 is 1.00 bits per heavy atom. The molecule has 0 aliphatic heterocycles. The van der Waals surface area contributed by atoms with Crippen LogP contribution in [0.2, 0.25) is 0 Å². The van der Waals surface area contributed by atoms with Crippen molar-refractivity contribution in [3.8, 4) is 5.75 Å². The normalized spacial score (nSPS) is 11.8. The zero-order chi connectivity index (χ0) is 16.4. The van der Waals surface area contributed by atoms with Crippen molar-refractivity contribution in [3.63, 3.8) is 0 Å². The number of rotatable bonds is 4. The molecule has 2 nitrogen and oxygen atoms in total. The van der Waals surface area contributed by atoms with Crippen LogP contribution in [0.4, 0.5) is 13.2 Å². The van der Waals surface area contributed by atoms with Crippen LogP contribution in [-0.2, 0) is 13.2 Å². The number of benzene rings is 2. The molecule has 1 heterocycles. The third kappa shape index (κ3) is 3.67. The average Bonchev–Trinajstić information content (AvgIpc) is 2.80. The predicted octanol–water partition coefficient (Wildman–Crippen LogP) is 5.09. The standard InChI is InChI=1S/C18H16F3NO/c1-13-9-15-10-16(23-11-14-5-3-2-4-6-14)7-8-17(15)22(13)12-18(19,20)21/h2-10H,11-12H2,1H3. The van der Waals surface area contributed by atoms with Gasteiger partial charge in [-0.05, 0) is 36.8 Å². The molecule has 0 saturated carbocycles. The van der Waals surface area contributed by atoms with E-state index in [9.17, 15) is 13.2 Å². The van der Waals surface area contributed by atoms with Gasteiger partial charge in [0.05, 0.1) is 0 Å². The van der Waals surface area contributed by atoms with E-state index in [0.717, 1.165) is 10.9 Å². The Kier molecular flexibility index (Phi) is 4.03.